The van der Waals surface area contributed by atoms with Gasteiger partial charge in [0.15, 0.2) is 5.78 Å². The minimum absolute atomic E-state index is 0.106. The fourth-order valence-corrected chi connectivity index (χ4v) is 4.76. The van der Waals surface area contributed by atoms with E-state index in [9.17, 15) is 9.59 Å². The highest BCUT2D eigenvalue weighted by molar-refractivity contribution is 6.09. The predicted molar refractivity (Wildman–Crippen MR) is 122 cm³/mol. The Hall–Kier alpha value is -3.21. The average Bonchev–Trinajstić information content (AvgIpc) is 2.66. The molecule has 1 amide bonds. The lowest BCUT2D eigenvalue weighted by molar-refractivity contribution is -0.118. The van der Waals surface area contributed by atoms with Crippen molar-refractivity contribution in [1.82, 2.24) is 10.3 Å². The quantitative estimate of drug-likeness (QED) is 0.745. The maximum absolute atomic E-state index is 13.5. The Morgan fingerprint density at radius 2 is 1.81 bits per heavy atom. The lowest BCUT2D eigenvalue weighted by Gasteiger charge is -2.40. The number of Topliss-reactive ketones (excluding diaryl/α,β-unsaturated/α-hetero) is 1. The first-order valence-corrected chi connectivity index (χ1v) is 10.7. The van der Waals surface area contributed by atoms with Crippen molar-refractivity contribution in [2.75, 3.05) is 5.32 Å². The van der Waals surface area contributed by atoms with E-state index in [1.165, 1.54) is 0 Å². The normalized spacial score (nSPS) is 20.3. The van der Waals surface area contributed by atoms with Crippen molar-refractivity contribution in [3.63, 3.8) is 0 Å². The van der Waals surface area contributed by atoms with Crippen LogP contribution in [0, 0.1) is 19.3 Å². The van der Waals surface area contributed by atoms with Gasteiger partial charge in [0.05, 0.1) is 0 Å². The molecule has 0 saturated heterocycles. The number of rotatable bonds is 3. The number of carbonyl (C=O) groups excluding carboxylic acids is 2. The Kier molecular flexibility index (Phi) is 5.29. The van der Waals surface area contributed by atoms with E-state index in [4.69, 9.17) is 0 Å². The number of nitrogens with zero attached hydrogens (tertiary/aromatic N) is 1. The average molecular weight is 416 g/mol. The van der Waals surface area contributed by atoms with Crippen LogP contribution in [0.4, 0.5) is 5.82 Å². The van der Waals surface area contributed by atoms with E-state index in [1.54, 1.807) is 6.07 Å². The molecule has 160 valence electrons. The largest absolute Gasteiger partial charge is 0.362 e. The molecule has 2 aromatic rings. The standard InChI is InChI=1S/C26H29N3O2/c1-15-9-6-7-11-18(15)23-22(25(31)29-21-12-8-10-16(2)27-21)17(3)28-19-13-26(4,5)14-20(30)24(19)23/h6-12,23,28H,13-14H2,1-5H3,(H,27,29,31)/t23-/m1/s1. The van der Waals surface area contributed by atoms with Gasteiger partial charge in [0, 0.05) is 40.6 Å². The van der Waals surface area contributed by atoms with Gasteiger partial charge in [-0.15, -0.1) is 0 Å². The molecule has 4 rings (SSSR count). The second-order valence-electron chi connectivity index (χ2n) is 9.40. The van der Waals surface area contributed by atoms with E-state index >= 15 is 0 Å². The maximum atomic E-state index is 13.5. The summed E-state index contributed by atoms with van der Waals surface area (Å²) >= 11 is 0. The highest BCUT2D eigenvalue weighted by Crippen LogP contribution is 2.47. The van der Waals surface area contributed by atoms with Gasteiger partial charge in [-0.25, -0.2) is 4.98 Å². The van der Waals surface area contributed by atoms with Crippen molar-refractivity contribution in [2.45, 2.75) is 53.4 Å². The number of carbonyl (C=O) groups is 2. The van der Waals surface area contributed by atoms with Gasteiger partial charge in [-0.2, -0.15) is 0 Å². The SMILES string of the molecule is CC1=C(C(=O)Nc2cccc(C)n2)[C@@H](c2ccccc2C)C2=C(CC(C)(C)CC2=O)N1. The number of hydrogen-bond acceptors (Lipinski definition) is 4. The molecule has 0 unspecified atom stereocenters. The zero-order valence-electron chi connectivity index (χ0n) is 18.8. The van der Waals surface area contributed by atoms with E-state index in [2.05, 4.69) is 29.5 Å². The lowest BCUT2D eigenvalue weighted by atomic mass is 9.68. The van der Waals surface area contributed by atoms with Gasteiger partial charge < -0.3 is 10.6 Å². The first-order chi connectivity index (χ1) is 14.7. The van der Waals surface area contributed by atoms with Gasteiger partial charge in [0.1, 0.15) is 5.82 Å². The molecule has 0 bridgehead atoms. The number of ketones is 1. The van der Waals surface area contributed by atoms with Gasteiger partial charge in [-0.05, 0) is 55.9 Å². The third kappa shape index (κ3) is 4.05. The van der Waals surface area contributed by atoms with Crippen molar-refractivity contribution in [3.8, 4) is 0 Å². The minimum Gasteiger partial charge on any atom is -0.362 e. The third-order valence-electron chi connectivity index (χ3n) is 6.11. The van der Waals surface area contributed by atoms with Crippen LogP contribution in [0.25, 0.3) is 0 Å². The molecule has 1 aromatic heterocycles. The van der Waals surface area contributed by atoms with Crippen LogP contribution in [0.1, 0.15) is 56.4 Å². The number of allylic oxidation sites excluding steroid dienone is 3. The van der Waals surface area contributed by atoms with Crippen molar-refractivity contribution in [1.29, 1.82) is 0 Å². The van der Waals surface area contributed by atoms with Crippen LogP contribution in [0.3, 0.4) is 0 Å². The summed E-state index contributed by atoms with van der Waals surface area (Å²) in [6.45, 7) is 10.1. The fraction of sp³-hybridized carbons (Fsp3) is 0.346. The molecule has 0 radical (unpaired) electrons. The number of amides is 1. The second kappa shape index (κ2) is 7.80. The molecule has 2 heterocycles. The van der Waals surface area contributed by atoms with Crippen LogP contribution in [-0.2, 0) is 9.59 Å². The van der Waals surface area contributed by atoms with Crippen molar-refractivity contribution >= 4 is 17.5 Å². The van der Waals surface area contributed by atoms with Crippen molar-refractivity contribution in [3.05, 3.63) is 81.8 Å². The number of pyridine rings is 1. The molecule has 1 aliphatic heterocycles. The fourth-order valence-electron chi connectivity index (χ4n) is 4.76. The predicted octanol–water partition coefficient (Wildman–Crippen LogP) is 4.94. The van der Waals surface area contributed by atoms with Crippen LogP contribution in [0.2, 0.25) is 0 Å². The summed E-state index contributed by atoms with van der Waals surface area (Å²) in [6.07, 6.45) is 1.26. The van der Waals surface area contributed by atoms with E-state index in [0.29, 0.717) is 17.8 Å². The number of nitrogens with one attached hydrogen (secondary N) is 2. The molecular formula is C26H29N3O2. The van der Waals surface area contributed by atoms with Gasteiger partial charge in [0.25, 0.3) is 5.91 Å². The molecule has 1 aromatic carbocycles. The van der Waals surface area contributed by atoms with Gasteiger partial charge >= 0.3 is 0 Å². The van der Waals surface area contributed by atoms with Crippen LogP contribution < -0.4 is 10.6 Å². The van der Waals surface area contributed by atoms with Crippen LogP contribution in [0.15, 0.2) is 65.0 Å². The monoisotopic (exact) mass is 415 g/mol. The highest BCUT2D eigenvalue weighted by Gasteiger charge is 2.43. The van der Waals surface area contributed by atoms with E-state index < -0.39 is 5.92 Å². The summed E-state index contributed by atoms with van der Waals surface area (Å²) in [5, 5.41) is 6.36. The molecule has 2 N–H and O–H groups in total. The Morgan fingerprint density at radius 1 is 1.06 bits per heavy atom. The van der Waals surface area contributed by atoms with E-state index in [0.717, 1.165) is 40.2 Å². The zero-order chi connectivity index (χ0) is 22.3. The van der Waals surface area contributed by atoms with E-state index in [-0.39, 0.29) is 17.1 Å². The molecule has 1 aliphatic carbocycles. The molecule has 2 aliphatic rings. The molecule has 5 nitrogen and oxygen atoms in total. The minimum atomic E-state index is -0.397. The van der Waals surface area contributed by atoms with Gasteiger partial charge in [-0.1, -0.05) is 44.2 Å². The molecule has 0 spiro atoms. The molecule has 0 saturated carbocycles. The number of anilines is 1. The topological polar surface area (TPSA) is 71.1 Å². The first-order valence-electron chi connectivity index (χ1n) is 10.7. The van der Waals surface area contributed by atoms with Crippen LogP contribution in [0.5, 0.6) is 0 Å². The van der Waals surface area contributed by atoms with Crippen LogP contribution >= 0.6 is 0 Å². The first kappa shape index (κ1) is 21.0. The summed E-state index contributed by atoms with van der Waals surface area (Å²) in [6, 6.07) is 13.5. The summed E-state index contributed by atoms with van der Waals surface area (Å²) in [5.74, 6) is -0.0189. The van der Waals surface area contributed by atoms with Crippen LogP contribution in [-0.4, -0.2) is 16.7 Å². The summed E-state index contributed by atoms with van der Waals surface area (Å²) in [5.41, 5.74) is 5.79. The maximum Gasteiger partial charge on any atom is 0.255 e. The smallest absolute Gasteiger partial charge is 0.255 e. The third-order valence-corrected chi connectivity index (χ3v) is 6.11. The Bertz CT molecular complexity index is 1140. The number of aryl methyl sites for hydroxylation is 2. The second-order valence-corrected chi connectivity index (χ2v) is 9.40. The summed E-state index contributed by atoms with van der Waals surface area (Å²) in [7, 11) is 0. The molecular weight excluding hydrogens is 386 g/mol. The van der Waals surface area contributed by atoms with Gasteiger partial charge in [-0.3, -0.25) is 9.59 Å². The number of dihydropyridines is 1. The number of benzene rings is 1. The van der Waals surface area contributed by atoms with Crippen molar-refractivity contribution < 1.29 is 9.59 Å². The van der Waals surface area contributed by atoms with Gasteiger partial charge in [0.2, 0.25) is 0 Å². The lowest BCUT2D eigenvalue weighted by Crippen LogP contribution is -2.39. The zero-order valence-corrected chi connectivity index (χ0v) is 18.8. The number of aromatic nitrogens is 1. The Balaban J connectivity index is 1.83. The Labute approximate surface area is 183 Å². The summed E-state index contributed by atoms with van der Waals surface area (Å²) < 4.78 is 0. The molecule has 5 heteroatoms. The number of hydrogen-bond donors (Lipinski definition) is 2. The van der Waals surface area contributed by atoms with E-state index in [1.807, 2.05) is 57.2 Å². The highest BCUT2D eigenvalue weighted by atomic mass is 16.2. The Morgan fingerprint density at radius 3 is 2.52 bits per heavy atom. The molecule has 0 fully saturated rings. The van der Waals surface area contributed by atoms with Crippen molar-refractivity contribution in [2.24, 2.45) is 5.41 Å². The molecule has 31 heavy (non-hydrogen) atoms. The summed E-state index contributed by atoms with van der Waals surface area (Å²) in [4.78, 5) is 31.3. The molecule has 1 atom stereocenters.